The highest BCUT2D eigenvalue weighted by Crippen LogP contribution is 2.18. The molecule has 0 aromatic carbocycles. The lowest BCUT2D eigenvalue weighted by atomic mass is 10.2. The van der Waals surface area contributed by atoms with E-state index in [0.717, 1.165) is 62.2 Å². The summed E-state index contributed by atoms with van der Waals surface area (Å²) in [6.45, 7) is 3.82. The van der Waals surface area contributed by atoms with E-state index in [0.29, 0.717) is 6.54 Å². The van der Waals surface area contributed by atoms with Gasteiger partial charge in [-0.3, -0.25) is 18.8 Å². The first-order chi connectivity index (χ1) is 11.5. The summed E-state index contributed by atoms with van der Waals surface area (Å²) >= 11 is 0. The van der Waals surface area contributed by atoms with Crippen LogP contribution in [0.15, 0.2) is 15.7 Å². The summed E-state index contributed by atoms with van der Waals surface area (Å²) in [5, 5.41) is 0. The van der Waals surface area contributed by atoms with E-state index in [1.807, 2.05) is 0 Å². The minimum atomic E-state index is -0.285. The highest BCUT2D eigenvalue weighted by molar-refractivity contribution is 5.02. The fourth-order valence-corrected chi connectivity index (χ4v) is 3.52. The molecule has 2 aliphatic heterocycles. The molecule has 0 unspecified atom stereocenters. The van der Waals surface area contributed by atoms with E-state index in [-0.39, 0.29) is 23.5 Å². The Bertz CT molecular complexity index is 651. The van der Waals surface area contributed by atoms with Gasteiger partial charge in [0.2, 0.25) is 0 Å². The van der Waals surface area contributed by atoms with Gasteiger partial charge in [-0.2, -0.15) is 0 Å². The van der Waals surface area contributed by atoms with Crippen LogP contribution in [0.4, 0.5) is 0 Å². The van der Waals surface area contributed by atoms with E-state index in [1.54, 1.807) is 17.7 Å². The van der Waals surface area contributed by atoms with Gasteiger partial charge in [-0.1, -0.05) is 0 Å². The van der Waals surface area contributed by atoms with E-state index in [2.05, 4.69) is 4.90 Å². The highest BCUT2D eigenvalue weighted by Gasteiger charge is 2.24. The minimum absolute atomic E-state index is 0.231. The van der Waals surface area contributed by atoms with Crippen molar-refractivity contribution in [3.8, 4) is 0 Å². The summed E-state index contributed by atoms with van der Waals surface area (Å²) in [4.78, 5) is 26.4. The molecular weight excluding hydrogens is 310 g/mol. The van der Waals surface area contributed by atoms with Gasteiger partial charge >= 0.3 is 5.69 Å². The number of hydrogen-bond donors (Lipinski definition) is 0. The standard InChI is InChI=1S/C17H27N3O4/c1-18-13(9-16(21)19(2)17(18)22)10-20(11-14-5-3-7-23-14)12-15-6-4-8-24-15/h9,14-15H,3-8,10-12H2,1-2H3/t14-,15+. The van der Waals surface area contributed by atoms with Crippen LogP contribution in [0.25, 0.3) is 0 Å². The molecule has 1 aromatic rings. The Morgan fingerprint density at radius 3 is 2.12 bits per heavy atom. The Morgan fingerprint density at radius 1 is 1.04 bits per heavy atom. The first-order valence-corrected chi connectivity index (χ1v) is 8.76. The number of ether oxygens (including phenoxy) is 2. The van der Waals surface area contributed by atoms with Crippen molar-refractivity contribution in [3.63, 3.8) is 0 Å². The molecule has 7 heteroatoms. The van der Waals surface area contributed by atoms with E-state index in [9.17, 15) is 9.59 Å². The van der Waals surface area contributed by atoms with Gasteiger partial charge < -0.3 is 9.47 Å². The van der Waals surface area contributed by atoms with Crippen LogP contribution in [0.5, 0.6) is 0 Å². The third-order valence-corrected chi connectivity index (χ3v) is 4.98. The van der Waals surface area contributed by atoms with Crippen LogP contribution in [-0.2, 0) is 30.1 Å². The second-order valence-electron chi connectivity index (χ2n) is 6.84. The van der Waals surface area contributed by atoms with Crippen LogP contribution in [0.2, 0.25) is 0 Å². The summed E-state index contributed by atoms with van der Waals surface area (Å²) in [5.41, 5.74) is 0.188. The van der Waals surface area contributed by atoms with Gasteiger partial charge in [-0.25, -0.2) is 4.79 Å². The SMILES string of the molecule is Cn1c(CN(C[C@H]2CCCO2)C[C@@H]2CCCO2)cc(=O)n(C)c1=O. The average Bonchev–Trinajstić information content (AvgIpc) is 3.24. The molecule has 0 N–H and O–H groups in total. The second kappa shape index (κ2) is 7.63. The molecule has 2 atom stereocenters. The molecule has 3 rings (SSSR count). The highest BCUT2D eigenvalue weighted by atomic mass is 16.5. The summed E-state index contributed by atoms with van der Waals surface area (Å²) in [7, 11) is 3.22. The van der Waals surface area contributed by atoms with Crippen LogP contribution >= 0.6 is 0 Å². The van der Waals surface area contributed by atoms with Crippen molar-refractivity contribution in [1.29, 1.82) is 0 Å². The zero-order valence-electron chi connectivity index (χ0n) is 14.6. The maximum Gasteiger partial charge on any atom is 0.330 e. The maximum atomic E-state index is 12.1. The van der Waals surface area contributed by atoms with Gasteiger partial charge in [0.05, 0.1) is 12.2 Å². The largest absolute Gasteiger partial charge is 0.377 e. The molecule has 2 aliphatic rings. The molecule has 0 amide bonds. The quantitative estimate of drug-likeness (QED) is 0.744. The Kier molecular flexibility index (Phi) is 5.53. The summed E-state index contributed by atoms with van der Waals surface area (Å²) in [6, 6.07) is 1.55. The van der Waals surface area contributed by atoms with Gasteiger partial charge in [0.1, 0.15) is 0 Å². The Morgan fingerprint density at radius 2 is 1.62 bits per heavy atom. The van der Waals surface area contributed by atoms with Gasteiger partial charge in [0.15, 0.2) is 0 Å². The third-order valence-electron chi connectivity index (χ3n) is 4.98. The molecule has 0 spiro atoms. The first kappa shape index (κ1) is 17.4. The van der Waals surface area contributed by atoms with Crippen LogP contribution in [0, 0.1) is 0 Å². The maximum absolute atomic E-state index is 12.1. The molecule has 0 aliphatic carbocycles. The average molecular weight is 337 g/mol. The predicted molar refractivity (Wildman–Crippen MR) is 90.1 cm³/mol. The van der Waals surface area contributed by atoms with Crippen molar-refractivity contribution < 1.29 is 9.47 Å². The predicted octanol–water partition coefficient (Wildman–Crippen LogP) is 0.244. The Balaban J connectivity index is 1.77. The lowest BCUT2D eigenvalue weighted by molar-refractivity contribution is 0.0336. The first-order valence-electron chi connectivity index (χ1n) is 8.76. The molecule has 3 heterocycles. The van der Waals surface area contributed by atoms with Gasteiger partial charge in [0, 0.05) is 58.7 Å². The van der Waals surface area contributed by atoms with Crippen molar-refractivity contribution >= 4 is 0 Å². The minimum Gasteiger partial charge on any atom is -0.377 e. The van der Waals surface area contributed by atoms with Crippen LogP contribution < -0.4 is 11.2 Å². The molecule has 1 aromatic heterocycles. The van der Waals surface area contributed by atoms with Gasteiger partial charge in [-0.05, 0) is 25.7 Å². The van der Waals surface area contributed by atoms with Crippen molar-refractivity contribution in [2.24, 2.45) is 14.1 Å². The van der Waals surface area contributed by atoms with Gasteiger partial charge in [-0.15, -0.1) is 0 Å². The Hall–Kier alpha value is -1.44. The molecule has 24 heavy (non-hydrogen) atoms. The van der Waals surface area contributed by atoms with Crippen LogP contribution in [0.1, 0.15) is 31.4 Å². The van der Waals surface area contributed by atoms with E-state index >= 15 is 0 Å². The zero-order chi connectivity index (χ0) is 17.1. The lowest BCUT2D eigenvalue weighted by Gasteiger charge is -2.28. The number of rotatable bonds is 6. The third kappa shape index (κ3) is 3.96. The van der Waals surface area contributed by atoms with Crippen molar-refractivity contribution in [1.82, 2.24) is 14.0 Å². The van der Waals surface area contributed by atoms with E-state index in [4.69, 9.17) is 9.47 Å². The molecular formula is C17H27N3O4. The van der Waals surface area contributed by atoms with E-state index < -0.39 is 0 Å². The monoisotopic (exact) mass is 337 g/mol. The fraction of sp³-hybridized carbons (Fsp3) is 0.765. The number of hydrogen-bond acceptors (Lipinski definition) is 5. The molecule has 134 valence electrons. The summed E-state index contributed by atoms with van der Waals surface area (Å²) in [5.74, 6) is 0. The summed E-state index contributed by atoms with van der Waals surface area (Å²) < 4.78 is 14.2. The molecule has 2 fully saturated rings. The van der Waals surface area contributed by atoms with E-state index in [1.165, 1.54) is 7.05 Å². The normalized spacial score (nSPS) is 24.1. The zero-order valence-corrected chi connectivity index (χ0v) is 14.6. The second-order valence-corrected chi connectivity index (χ2v) is 6.84. The van der Waals surface area contributed by atoms with Crippen LogP contribution in [0.3, 0.4) is 0 Å². The van der Waals surface area contributed by atoms with Gasteiger partial charge in [0.25, 0.3) is 5.56 Å². The topological polar surface area (TPSA) is 65.7 Å². The molecule has 0 saturated carbocycles. The molecule has 0 bridgehead atoms. The smallest absolute Gasteiger partial charge is 0.330 e. The van der Waals surface area contributed by atoms with Crippen molar-refractivity contribution in [2.45, 2.75) is 44.4 Å². The molecule has 0 radical (unpaired) electrons. The van der Waals surface area contributed by atoms with Crippen molar-refractivity contribution in [3.05, 3.63) is 32.6 Å². The molecule has 2 saturated heterocycles. The number of aromatic nitrogens is 2. The summed E-state index contributed by atoms with van der Waals surface area (Å²) in [6.07, 6.45) is 4.80. The fourth-order valence-electron chi connectivity index (χ4n) is 3.52. The number of nitrogens with zero attached hydrogens (tertiary/aromatic N) is 3. The van der Waals surface area contributed by atoms with Crippen LogP contribution in [-0.4, -0.2) is 52.5 Å². The molecule has 7 nitrogen and oxygen atoms in total. The Labute approximate surface area is 141 Å². The lowest BCUT2D eigenvalue weighted by Crippen LogP contribution is -2.42. The van der Waals surface area contributed by atoms with Crippen molar-refractivity contribution in [2.75, 3.05) is 26.3 Å².